The van der Waals surface area contributed by atoms with Crippen LogP contribution in [-0.2, 0) is 18.3 Å². The third-order valence-corrected chi connectivity index (χ3v) is 17.2. The van der Waals surface area contributed by atoms with E-state index in [4.69, 9.17) is 24.1 Å². The molecule has 2 N–H and O–H groups in total. The third kappa shape index (κ3) is 6.44. The molecular formula is C26H49N5O4Si2. The Morgan fingerprint density at radius 1 is 1.05 bits per heavy atom. The molecule has 210 valence electrons. The molecule has 0 aliphatic carbocycles. The van der Waals surface area contributed by atoms with Crippen molar-refractivity contribution in [3.05, 3.63) is 12.7 Å². The number of rotatable bonds is 9. The lowest BCUT2D eigenvalue weighted by Crippen LogP contribution is -2.48. The Hall–Kier alpha value is -1.38. The Kier molecular flexibility index (Phi) is 8.40. The molecule has 0 saturated carbocycles. The van der Waals surface area contributed by atoms with Gasteiger partial charge in [-0.15, -0.1) is 0 Å². The number of ether oxygens (including phenoxy) is 2. The fourth-order valence-corrected chi connectivity index (χ4v) is 6.08. The van der Waals surface area contributed by atoms with Crippen LogP contribution in [0.2, 0.25) is 36.3 Å². The van der Waals surface area contributed by atoms with E-state index in [1.165, 1.54) is 6.33 Å². The number of nitrogen functional groups attached to an aromatic ring is 1. The summed E-state index contributed by atoms with van der Waals surface area (Å²) in [4.78, 5) is 13.1. The van der Waals surface area contributed by atoms with Crippen LogP contribution in [0.3, 0.4) is 0 Å². The molecular weight excluding hydrogens is 502 g/mol. The lowest BCUT2D eigenvalue weighted by Gasteiger charge is -2.40. The Morgan fingerprint density at radius 2 is 1.68 bits per heavy atom. The van der Waals surface area contributed by atoms with Gasteiger partial charge in [0.05, 0.1) is 25.6 Å². The standard InChI is InChI=1S/C26H49N5O4Si2/c1-18(2)14-32-26(15-33-36(9,10)24(3,4)5)13-19(35-37(11,12)25(6,7)8)23(34-26)31-17-30-20-21(27)28-16-29-22(20)31/h16-19,23H,13-15H2,1-12H3,(H2,27,28,29)/t19-,23-,26-/m1/s1. The largest absolute Gasteiger partial charge is 0.411 e. The van der Waals surface area contributed by atoms with Gasteiger partial charge in [0, 0.05) is 6.42 Å². The van der Waals surface area contributed by atoms with E-state index < -0.39 is 28.6 Å². The van der Waals surface area contributed by atoms with Gasteiger partial charge in [0.25, 0.3) is 0 Å². The van der Waals surface area contributed by atoms with Crippen molar-refractivity contribution in [3.63, 3.8) is 0 Å². The molecule has 0 unspecified atom stereocenters. The molecule has 3 heterocycles. The first kappa shape index (κ1) is 30.2. The van der Waals surface area contributed by atoms with Crippen LogP contribution in [0.1, 0.15) is 68.0 Å². The summed E-state index contributed by atoms with van der Waals surface area (Å²) in [6.45, 7) is 27.7. The summed E-state index contributed by atoms with van der Waals surface area (Å²) >= 11 is 0. The van der Waals surface area contributed by atoms with Gasteiger partial charge in [-0.05, 0) is 42.2 Å². The zero-order valence-corrected chi connectivity index (χ0v) is 27.0. The van der Waals surface area contributed by atoms with Crippen LogP contribution in [0.4, 0.5) is 5.82 Å². The Labute approximate surface area is 225 Å². The molecule has 0 aromatic carbocycles. The molecule has 2 aromatic rings. The maximum atomic E-state index is 7.01. The van der Waals surface area contributed by atoms with Gasteiger partial charge in [-0.1, -0.05) is 55.4 Å². The normalized spacial score (nSPS) is 23.9. The molecule has 1 aliphatic rings. The molecule has 37 heavy (non-hydrogen) atoms. The highest BCUT2D eigenvalue weighted by Gasteiger charge is 2.54. The second-order valence-electron chi connectivity index (χ2n) is 13.9. The molecule has 11 heteroatoms. The van der Waals surface area contributed by atoms with E-state index in [2.05, 4.69) is 96.5 Å². The number of nitrogens with two attached hydrogens (primary N) is 1. The number of hydrogen-bond donors (Lipinski definition) is 1. The summed E-state index contributed by atoms with van der Waals surface area (Å²) in [6.07, 6.45) is 2.95. The fourth-order valence-electron chi connectivity index (χ4n) is 3.75. The molecule has 9 nitrogen and oxygen atoms in total. The first-order valence-corrected chi connectivity index (χ1v) is 19.2. The predicted molar refractivity (Wildman–Crippen MR) is 153 cm³/mol. The number of imidazole rings is 1. The van der Waals surface area contributed by atoms with E-state index in [1.54, 1.807) is 6.33 Å². The smallest absolute Gasteiger partial charge is 0.195 e. The Bertz CT molecular complexity index is 1080. The van der Waals surface area contributed by atoms with Crippen molar-refractivity contribution >= 4 is 33.6 Å². The van der Waals surface area contributed by atoms with Crippen LogP contribution >= 0.6 is 0 Å². The van der Waals surface area contributed by atoms with Crippen molar-refractivity contribution in [1.82, 2.24) is 19.5 Å². The van der Waals surface area contributed by atoms with Gasteiger partial charge in [0.1, 0.15) is 11.8 Å². The van der Waals surface area contributed by atoms with Crippen molar-refractivity contribution in [3.8, 4) is 0 Å². The highest BCUT2D eigenvalue weighted by Crippen LogP contribution is 2.47. The van der Waals surface area contributed by atoms with E-state index in [-0.39, 0.29) is 16.2 Å². The zero-order chi connectivity index (χ0) is 28.0. The summed E-state index contributed by atoms with van der Waals surface area (Å²) in [7, 11) is -4.22. The van der Waals surface area contributed by atoms with Crippen molar-refractivity contribution in [2.45, 2.75) is 116 Å². The van der Waals surface area contributed by atoms with Crippen LogP contribution in [0, 0.1) is 5.92 Å². The van der Waals surface area contributed by atoms with E-state index >= 15 is 0 Å². The lowest BCUT2D eigenvalue weighted by molar-refractivity contribution is -0.256. The van der Waals surface area contributed by atoms with Gasteiger partial charge >= 0.3 is 0 Å². The number of aromatic nitrogens is 4. The molecule has 1 saturated heterocycles. The van der Waals surface area contributed by atoms with Gasteiger partial charge in [-0.2, -0.15) is 0 Å². The number of anilines is 1. The highest BCUT2D eigenvalue weighted by molar-refractivity contribution is 6.74. The van der Waals surface area contributed by atoms with E-state index in [9.17, 15) is 0 Å². The monoisotopic (exact) mass is 551 g/mol. The molecule has 1 fully saturated rings. The van der Waals surface area contributed by atoms with E-state index in [0.717, 1.165) is 0 Å². The van der Waals surface area contributed by atoms with Gasteiger partial charge in [-0.25, -0.2) is 15.0 Å². The molecule has 0 bridgehead atoms. The number of nitrogens with zero attached hydrogens (tertiary/aromatic N) is 4. The molecule has 0 spiro atoms. The minimum atomic E-state index is -2.16. The van der Waals surface area contributed by atoms with Gasteiger partial charge in [-0.3, -0.25) is 4.57 Å². The lowest BCUT2D eigenvalue weighted by atomic mass is 10.1. The van der Waals surface area contributed by atoms with Crippen LogP contribution in [0.25, 0.3) is 11.2 Å². The first-order valence-electron chi connectivity index (χ1n) is 13.4. The Morgan fingerprint density at radius 3 is 2.24 bits per heavy atom. The van der Waals surface area contributed by atoms with E-state index in [0.29, 0.717) is 42.5 Å². The van der Waals surface area contributed by atoms with Crippen molar-refractivity contribution in [2.24, 2.45) is 5.92 Å². The second-order valence-corrected chi connectivity index (χ2v) is 23.4. The second kappa shape index (κ2) is 10.3. The maximum absolute atomic E-state index is 7.01. The maximum Gasteiger partial charge on any atom is 0.195 e. The fraction of sp³-hybridized carbons (Fsp3) is 0.808. The van der Waals surface area contributed by atoms with Crippen LogP contribution < -0.4 is 5.73 Å². The zero-order valence-electron chi connectivity index (χ0n) is 25.0. The number of hydrogen-bond acceptors (Lipinski definition) is 8. The van der Waals surface area contributed by atoms with Gasteiger partial charge in [0.2, 0.25) is 0 Å². The third-order valence-electron chi connectivity index (χ3n) is 8.22. The Balaban J connectivity index is 2.05. The van der Waals surface area contributed by atoms with Gasteiger partial charge < -0.3 is 24.1 Å². The first-order chi connectivity index (χ1) is 16.8. The van der Waals surface area contributed by atoms with Crippen LogP contribution in [0.15, 0.2) is 12.7 Å². The highest BCUT2D eigenvalue weighted by atomic mass is 28.4. The summed E-state index contributed by atoms with van der Waals surface area (Å²) in [5, 5.41) is 0.0963. The summed E-state index contributed by atoms with van der Waals surface area (Å²) < 4.78 is 29.1. The van der Waals surface area contributed by atoms with Crippen LogP contribution in [-0.4, -0.2) is 61.3 Å². The van der Waals surface area contributed by atoms with Crippen LogP contribution in [0.5, 0.6) is 0 Å². The SMILES string of the molecule is CC(C)CO[C@]1(CO[Si](C)(C)C(C)(C)C)C[C@@H](O[Si](C)(C)C(C)(C)C)[C@H](n2cnc3c(N)ncnc32)O1. The summed E-state index contributed by atoms with van der Waals surface area (Å²) in [5.41, 5.74) is 7.27. The summed E-state index contributed by atoms with van der Waals surface area (Å²) in [5.74, 6) is -0.270. The molecule has 3 atom stereocenters. The minimum Gasteiger partial charge on any atom is -0.411 e. The average molecular weight is 552 g/mol. The minimum absolute atomic E-state index is 0.0306. The quantitative estimate of drug-likeness (QED) is 0.372. The summed E-state index contributed by atoms with van der Waals surface area (Å²) in [6, 6.07) is 0. The molecule has 0 radical (unpaired) electrons. The predicted octanol–water partition coefficient (Wildman–Crippen LogP) is 6.11. The van der Waals surface area contributed by atoms with Crippen molar-refractivity contribution in [2.75, 3.05) is 18.9 Å². The van der Waals surface area contributed by atoms with Crippen molar-refractivity contribution < 1.29 is 18.3 Å². The molecule has 2 aromatic heterocycles. The van der Waals surface area contributed by atoms with E-state index in [1.807, 2.05) is 4.57 Å². The number of fused-ring (bicyclic) bond motifs is 1. The topological polar surface area (TPSA) is 107 Å². The van der Waals surface area contributed by atoms with Gasteiger partial charge in [0.15, 0.2) is 40.1 Å². The molecule has 3 rings (SSSR count). The van der Waals surface area contributed by atoms with Crippen molar-refractivity contribution in [1.29, 1.82) is 0 Å². The molecule has 1 aliphatic heterocycles. The average Bonchev–Trinajstić information content (AvgIpc) is 3.32. The molecule has 0 amide bonds.